The quantitative estimate of drug-likeness (QED) is 0.0714. The molecule has 2 rings (SSSR count). The van der Waals surface area contributed by atoms with Crippen molar-refractivity contribution in [1.82, 2.24) is 29.9 Å². The van der Waals surface area contributed by atoms with Crippen LogP contribution in [0.1, 0.15) is 12.8 Å². The summed E-state index contributed by atoms with van der Waals surface area (Å²) in [6.07, 6.45) is 2.46. The third kappa shape index (κ3) is 23.7. The van der Waals surface area contributed by atoms with Crippen molar-refractivity contribution in [2.75, 3.05) is 19.8 Å². The number of hydrogen-bond acceptors (Lipinski definition) is 14. The van der Waals surface area contributed by atoms with Crippen molar-refractivity contribution < 1.29 is 68.3 Å². The molecule has 45 heavy (non-hydrogen) atoms. The van der Waals surface area contributed by atoms with Gasteiger partial charge in [0.05, 0.1) is 12.8 Å². The van der Waals surface area contributed by atoms with Gasteiger partial charge in [0.2, 0.25) is 0 Å². The molecule has 250 valence electrons. The fourth-order valence-corrected chi connectivity index (χ4v) is 2.03. The molecule has 0 radical (unpaired) electrons. The highest BCUT2D eigenvalue weighted by atomic mass is 31.2. The van der Waals surface area contributed by atoms with Crippen molar-refractivity contribution in [2.24, 2.45) is 0 Å². The molecule has 0 amide bonds. The fraction of sp³-hybridized carbons (Fsp3) is 0.286. The van der Waals surface area contributed by atoms with Gasteiger partial charge in [0.25, 0.3) is 0 Å². The maximum Gasteiger partial charge on any atom is 0.466 e. The molecule has 2 heterocycles. The molecular weight excluding hydrogens is 639 g/mol. The van der Waals surface area contributed by atoms with Crippen LogP contribution < -0.4 is 31.3 Å². The van der Waals surface area contributed by atoms with E-state index in [0.717, 1.165) is 0 Å². The Morgan fingerprint density at radius 1 is 0.689 bits per heavy atom. The molecule has 0 aliphatic rings. The number of aliphatic carboxylic acids is 3. The summed E-state index contributed by atoms with van der Waals surface area (Å²) in [5, 5.41) is 33.8. The van der Waals surface area contributed by atoms with Gasteiger partial charge in [-0.05, 0) is 0 Å². The van der Waals surface area contributed by atoms with Gasteiger partial charge in [-0.15, -0.1) is 15.0 Å². The van der Waals surface area contributed by atoms with Gasteiger partial charge in [-0.3, -0.25) is 24.5 Å². The standard InChI is InChI=1S/C12H15N3O3.C6H8O7.C3H3N3O3.H3O4P/c1-4-7-16-10-13-11(17-8-5-2)15-12(14-10)18-9-6-3;7-3(8)1-6(13,5(11)12)2-4(9)10;7-1-4-2(8)6-3(9)5-1;1-5(2,3)4/h4-6H,1-3,7-9H2;13H,1-2H2,(H,7,8)(H,9,10)(H,11,12);(H3,4,5,6,7,8,9);(H3,1,2,3,4). The number of aromatic nitrogens is 6. The van der Waals surface area contributed by atoms with Gasteiger partial charge in [-0.25, -0.2) is 23.7 Å². The first-order chi connectivity index (χ1) is 20.8. The number of carboxylic acid groups (broad SMARTS) is 3. The van der Waals surface area contributed by atoms with Crippen molar-refractivity contribution in [3.63, 3.8) is 0 Å². The summed E-state index contributed by atoms with van der Waals surface area (Å²) < 4.78 is 24.5. The van der Waals surface area contributed by atoms with E-state index in [1.807, 2.05) is 0 Å². The van der Waals surface area contributed by atoms with E-state index >= 15 is 0 Å². The Morgan fingerprint density at radius 2 is 0.933 bits per heavy atom. The van der Waals surface area contributed by atoms with Gasteiger partial charge in [-0.1, -0.05) is 38.0 Å². The van der Waals surface area contributed by atoms with E-state index in [4.69, 9.17) is 53.9 Å². The molecule has 0 aromatic carbocycles. The van der Waals surface area contributed by atoms with Crippen LogP contribution in [0.4, 0.5) is 0 Å². The van der Waals surface area contributed by atoms with Crippen molar-refractivity contribution in [3.05, 3.63) is 69.4 Å². The Labute approximate surface area is 250 Å². The number of aliphatic hydroxyl groups is 1. The molecular formula is C21H29N6O17P. The van der Waals surface area contributed by atoms with Crippen LogP contribution >= 0.6 is 7.82 Å². The second-order valence-electron chi connectivity index (χ2n) is 7.34. The first-order valence-electron chi connectivity index (χ1n) is 11.3. The maximum absolute atomic E-state index is 10.3. The summed E-state index contributed by atoms with van der Waals surface area (Å²) in [5.74, 6) is -5.02. The zero-order valence-corrected chi connectivity index (χ0v) is 23.8. The smallest absolute Gasteiger partial charge is 0.466 e. The van der Waals surface area contributed by atoms with Gasteiger partial charge in [0.15, 0.2) is 5.60 Å². The van der Waals surface area contributed by atoms with Gasteiger partial charge >= 0.3 is 60.8 Å². The minimum atomic E-state index is -4.64. The lowest BCUT2D eigenvalue weighted by atomic mass is 9.96. The minimum Gasteiger partial charge on any atom is -0.481 e. The Hall–Kier alpha value is -5.48. The summed E-state index contributed by atoms with van der Waals surface area (Å²) >= 11 is 0. The predicted octanol–water partition coefficient (Wildman–Crippen LogP) is -2.86. The van der Waals surface area contributed by atoms with Crippen molar-refractivity contribution >= 4 is 25.7 Å². The summed E-state index contributed by atoms with van der Waals surface area (Å²) in [6, 6.07) is 0.342. The van der Waals surface area contributed by atoms with Crippen LogP contribution in [-0.4, -0.2) is 108 Å². The molecule has 0 atom stereocenters. The van der Waals surface area contributed by atoms with E-state index < -0.39 is 61.2 Å². The Balaban J connectivity index is 0. The van der Waals surface area contributed by atoms with Crippen LogP contribution in [0, 0.1) is 0 Å². The van der Waals surface area contributed by atoms with Crippen molar-refractivity contribution in [1.29, 1.82) is 0 Å². The number of rotatable bonds is 14. The first kappa shape index (κ1) is 41.7. The largest absolute Gasteiger partial charge is 0.481 e. The number of carbonyl (C=O) groups is 3. The molecule has 2 aromatic rings. The fourth-order valence-electron chi connectivity index (χ4n) is 2.03. The summed E-state index contributed by atoms with van der Waals surface area (Å²) in [5.41, 5.74) is -5.14. The van der Waals surface area contributed by atoms with Gasteiger partial charge in [0.1, 0.15) is 19.8 Å². The molecule has 23 nitrogen and oxygen atoms in total. The average Bonchev–Trinajstić information content (AvgIpc) is 2.87. The third-order valence-electron chi connectivity index (χ3n) is 3.53. The molecule has 0 aliphatic heterocycles. The van der Waals surface area contributed by atoms with Crippen LogP contribution in [0.5, 0.6) is 18.0 Å². The average molecular weight is 668 g/mol. The van der Waals surface area contributed by atoms with Crippen molar-refractivity contribution in [3.8, 4) is 18.0 Å². The molecule has 0 fully saturated rings. The maximum atomic E-state index is 10.3. The highest BCUT2D eigenvalue weighted by molar-refractivity contribution is 7.45. The SMILES string of the molecule is C=CCOc1nc(OCC=C)nc(OCC=C)n1.O=C(O)CC(O)(CC(=O)O)C(=O)O.O=P(O)(O)O.O=c1[nH]c(=O)[nH]c(=O)[nH]1. The lowest BCUT2D eigenvalue weighted by molar-refractivity contribution is -0.170. The summed E-state index contributed by atoms with van der Waals surface area (Å²) in [6.45, 7) is 11.5. The molecule has 10 N–H and O–H groups in total. The molecule has 0 bridgehead atoms. The van der Waals surface area contributed by atoms with Gasteiger partial charge in [-0.2, -0.15) is 0 Å². The van der Waals surface area contributed by atoms with E-state index in [9.17, 15) is 28.8 Å². The Kier molecular flexibility index (Phi) is 19.7. The van der Waals surface area contributed by atoms with E-state index in [1.54, 1.807) is 33.2 Å². The molecule has 2 aromatic heterocycles. The predicted molar refractivity (Wildman–Crippen MR) is 147 cm³/mol. The zero-order valence-electron chi connectivity index (χ0n) is 22.9. The highest BCUT2D eigenvalue weighted by Crippen LogP contribution is 2.25. The van der Waals surface area contributed by atoms with Crippen LogP contribution in [0.25, 0.3) is 0 Å². The second kappa shape index (κ2) is 21.2. The molecule has 0 saturated carbocycles. The highest BCUT2D eigenvalue weighted by Gasteiger charge is 2.40. The lowest BCUT2D eigenvalue weighted by Gasteiger charge is -2.18. The molecule has 0 saturated heterocycles. The Morgan fingerprint density at radius 3 is 1.11 bits per heavy atom. The lowest BCUT2D eigenvalue weighted by Crippen LogP contribution is -2.42. The number of aromatic amines is 3. The number of hydrogen-bond donors (Lipinski definition) is 10. The van der Waals surface area contributed by atoms with Gasteiger partial charge < -0.3 is 49.3 Å². The Bertz CT molecular complexity index is 1330. The molecule has 0 aliphatic carbocycles. The van der Waals surface area contributed by atoms with Crippen molar-refractivity contribution in [2.45, 2.75) is 18.4 Å². The molecule has 0 unspecified atom stereocenters. The second-order valence-corrected chi connectivity index (χ2v) is 8.36. The normalized spacial score (nSPS) is 10.0. The van der Waals surface area contributed by atoms with E-state index in [0.29, 0.717) is 0 Å². The van der Waals surface area contributed by atoms with E-state index in [-0.39, 0.29) is 37.9 Å². The zero-order chi connectivity index (χ0) is 35.2. The molecule has 24 heteroatoms. The van der Waals surface area contributed by atoms with Crippen LogP contribution in [0.15, 0.2) is 52.3 Å². The number of carboxylic acids is 3. The minimum absolute atomic E-state index is 0.114. The van der Waals surface area contributed by atoms with E-state index in [1.165, 1.54) is 0 Å². The number of phosphoric acid groups is 1. The third-order valence-corrected chi connectivity index (χ3v) is 3.53. The van der Waals surface area contributed by atoms with E-state index in [2.05, 4.69) is 34.7 Å². The van der Waals surface area contributed by atoms with Crippen LogP contribution in [0.3, 0.4) is 0 Å². The van der Waals surface area contributed by atoms with Crippen LogP contribution in [0.2, 0.25) is 0 Å². The number of H-pyrrole nitrogens is 3. The topological polar surface area (TPSA) is 375 Å². The first-order valence-corrected chi connectivity index (χ1v) is 12.9. The summed E-state index contributed by atoms with van der Waals surface area (Å²) in [7, 11) is -4.64. The van der Waals surface area contributed by atoms with Gasteiger partial charge in [0, 0.05) is 0 Å². The number of nitrogens with zero attached hydrogens (tertiary/aromatic N) is 3. The number of nitrogens with one attached hydrogen (secondary N) is 3. The van der Waals surface area contributed by atoms with Crippen LogP contribution in [-0.2, 0) is 18.9 Å². The number of ether oxygens (including phenoxy) is 3. The monoisotopic (exact) mass is 668 g/mol. The summed E-state index contributed by atoms with van der Waals surface area (Å²) in [4.78, 5) is 99.8. The molecule has 0 spiro atoms.